The van der Waals surface area contributed by atoms with E-state index in [2.05, 4.69) is 26.1 Å². The number of benzene rings is 1. The molecule has 2 N–H and O–H groups in total. The molecule has 19 heavy (non-hydrogen) atoms. The molecule has 0 amide bonds. The molecule has 0 fully saturated rings. The van der Waals surface area contributed by atoms with Crippen molar-refractivity contribution in [2.75, 3.05) is 13.2 Å². The van der Waals surface area contributed by atoms with Crippen molar-refractivity contribution >= 4 is 5.97 Å². The first-order chi connectivity index (χ1) is 9.06. The molecule has 0 spiro atoms. The third-order valence-electron chi connectivity index (χ3n) is 3.13. The second-order valence-corrected chi connectivity index (χ2v) is 4.86. The van der Waals surface area contributed by atoms with Crippen LogP contribution in [0.5, 0.6) is 5.75 Å². The van der Waals surface area contributed by atoms with Crippen molar-refractivity contribution in [3.8, 4) is 5.75 Å². The molecule has 0 aliphatic rings. The monoisotopic (exact) mass is 265 g/mol. The number of ether oxygens (including phenoxy) is 1. The van der Waals surface area contributed by atoms with Gasteiger partial charge >= 0.3 is 5.97 Å². The lowest BCUT2D eigenvalue weighted by Gasteiger charge is -2.20. The zero-order chi connectivity index (χ0) is 14.3. The van der Waals surface area contributed by atoms with E-state index in [-0.39, 0.29) is 5.56 Å². The first-order valence-corrected chi connectivity index (χ1v) is 6.74. The maximum atomic E-state index is 11.0. The van der Waals surface area contributed by atoms with Gasteiger partial charge in [0, 0.05) is 12.6 Å². The van der Waals surface area contributed by atoms with Crippen LogP contribution >= 0.6 is 0 Å². The number of hydrogen-bond donors (Lipinski definition) is 2. The maximum absolute atomic E-state index is 11.0. The highest BCUT2D eigenvalue weighted by Gasteiger charge is 2.11. The number of nitrogens with one attached hydrogen (secondary N) is 1. The third-order valence-corrected chi connectivity index (χ3v) is 3.13. The van der Waals surface area contributed by atoms with Crippen molar-refractivity contribution < 1.29 is 14.6 Å². The van der Waals surface area contributed by atoms with Gasteiger partial charge in [0.1, 0.15) is 17.9 Å². The molecule has 4 nitrogen and oxygen atoms in total. The fourth-order valence-corrected chi connectivity index (χ4v) is 2.03. The van der Waals surface area contributed by atoms with Crippen molar-refractivity contribution in [3.05, 3.63) is 29.8 Å². The van der Waals surface area contributed by atoms with Gasteiger partial charge in [0.15, 0.2) is 0 Å². The molecule has 1 unspecified atom stereocenters. The summed E-state index contributed by atoms with van der Waals surface area (Å²) in [5.41, 5.74) is 0.207. The number of aromatic carboxylic acids is 1. The summed E-state index contributed by atoms with van der Waals surface area (Å²) in [6.07, 6.45) is 1.07. The molecule has 0 aromatic heterocycles. The van der Waals surface area contributed by atoms with Gasteiger partial charge < -0.3 is 15.2 Å². The van der Waals surface area contributed by atoms with E-state index in [0.29, 0.717) is 30.9 Å². The number of para-hydroxylation sites is 1. The molecule has 0 saturated heterocycles. The lowest BCUT2D eigenvalue weighted by atomic mass is 10.0. The first-order valence-electron chi connectivity index (χ1n) is 6.74. The van der Waals surface area contributed by atoms with Gasteiger partial charge in [-0.2, -0.15) is 0 Å². The highest BCUT2D eigenvalue weighted by Crippen LogP contribution is 2.17. The minimum atomic E-state index is -0.961. The second-order valence-electron chi connectivity index (χ2n) is 4.86. The summed E-state index contributed by atoms with van der Waals surface area (Å²) in [6.45, 7) is 7.69. The summed E-state index contributed by atoms with van der Waals surface area (Å²) < 4.78 is 5.53. The standard InChI is InChI=1S/C15H23NO3/c1-4-13(11(2)3)16-9-10-19-14-8-6-5-7-12(14)15(17)18/h5-8,11,13,16H,4,9-10H2,1-3H3,(H,17,18). The lowest BCUT2D eigenvalue weighted by molar-refractivity contribution is 0.0692. The predicted octanol–water partition coefficient (Wildman–Crippen LogP) is 2.79. The SMILES string of the molecule is CCC(NCCOc1ccccc1C(=O)O)C(C)C. The van der Waals surface area contributed by atoms with Gasteiger partial charge in [-0.05, 0) is 24.5 Å². The van der Waals surface area contributed by atoms with E-state index < -0.39 is 5.97 Å². The zero-order valence-electron chi connectivity index (χ0n) is 11.8. The number of carbonyl (C=O) groups is 1. The minimum absolute atomic E-state index is 0.207. The number of carboxylic acids is 1. The Balaban J connectivity index is 2.43. The summed E-state index contributed by atoms with van der Waals surface area (Å²) in [7, 11) is 0. The van der Waals surface area contributed by atoms with E-state index in [1.54, 1.807) is 24.3 Å². The smallest absolute Gasteiger partial charge is 0.339 e. The van der Waals surface area contributed by atoms with E-state index in [0.717, 1.165) is 6.42 Å². The molecule has 4 heteroatoms. The van der Waals surface area contributed by atoms with Gasteiger partial charge in [-0.1, -0.05) is 32.9 Å². The van der Waals surface area contributed by atoms with Crippen molar-refractivity contribution in [1.82, 2.24) is 5.32 Å². The largest absolute Gasteiger partial charge is 0.491 e. The third kappa shape index (κ3) is 4.91. The van der Waals surface area contributed by atoms with E-state index >= 15 is 0 Å². The topological polar surface area (TPSA) is 58.6 Å². The van der Waals surface area contributed by atoms with Crippen LogP contribution in [0.2, 0.25) is 0 Å². The van der Waals surface area contributed by atoms with Gasteiger partial charge in [-0.25, -0.2) is 4.79 Å². The molecule has 0 radical (unpaired) electrons. The highest BCUT2D eigenvalue weighted by molar-refractivity contribution is 5.90. The Morgan fingerprint density at radius 2 is 2.05 bits per heavy atom. The lowest BCUT2D eigenvalue weighted by Crippen LogP contribution is -2.36. The molecule has 1 rings (SSSR count). The van der Waals surface area contributed by atoms with E-state index in [1.165, 1.54) is 0 Å². The summed E-state index contributed by atoms with van der Waals surface area (Å²) >= 11 is 0. The highest BCUT2D eigenvalue weighted by atomic mass is 16.5. The maximum Gasteiger partial charge on any atom is 0.339 e. The van der Waals surface area contributed by atoms with E-state index in [4.69, 9.17) is 9.84 Å². The van der Waals surface area contributed by atoms with Crippen molar-refractivity contribution in [2.24, 2.45) is 5.92 Å². The fraction of sp³-hybridized carbons (Fsp3) is 0.533. The van der Waals surface area contributed by atoms with Crippen LogP contribution < -0.4 is 10.1 Å². The van der Waals surface area contributed by atoms with Crippen LogP contribution in [0, 0.1) is 5.92 Å². The molecule has 0 heterocycles. The minimum Gasteiger partial charge on any atom is -0.491 e. The number of rotatable bonds is 8. The van der Waals surface area contributed by atoms with Crippen LogP contribution in [0.25, 0.3) is 0 Å². The molecule has 0 saturated carbocycles. The first kappa shape index (κ1) is 15.5. The van der Waals surface area contributed by atoms with Gasteiger partial charge in [0.05, 0.1) is 0 Å². The Kier molecular flexibility index (Phi) is 6.36. The van der Waals surface area contributed by atoms with E-state index in [9.17, 15) is 4.79 Å². The second kappa shape index (κ2) is 7.79. The quantitative estimate of drug-likeness (QED) is 0.710. The predicted molar refractivity (Wildman–Crippen MR) is 75.8 cm³/mol. The molecule has 1 aromatic rings. The van der Waals surface area contributed by atoms with Crippen LogP contribution in [0.15, 0.2) is 24.3 Å². The molecule has 0 bridgehead atoms. The molecule has 0 aliphatic carbocycles. The van der Waals surface area contributed by atoms with Crippen LogP contribution in [-0.2, 0) is 0 Å². The van der Waals surface area contributed by atoms with Crippen molar-refractivity contribution in [1.29, 1.82) is 0 Å². The average Bonchev–Trinajstić information content (AvgIpc) is 2.38. The Hall–Kier alpha value is -1.55. The zero-order valence-corrected chi connectivity index (χ0v) is 11.8. The normalized spacial score (nSPS) is 12.4. The van der Waals surface area contributed by atoms with Gasteiger partial charge in [-0.3, -0.25) is 0 Å². The summed E-state index contributed by atoms with van der Waals surface area (Å²) in [5.74, 6) is 0.0443. The Labute approximate surface area is 114 Å². The molecular formula is C15H23NO3. The molecular weight excluding hydrogens is 242 g/mol. The Bertz CT molecular complexity index is 404. The fourth-order valence-electron chi connectivity index (χ4n) is 2.03. The summed E-state index contributed by atoms with van der Waals surface area (Å²) in [6, 6.07) is 7.17. The van der Waals surface area contributed by atoms with Gasteiger partial charge in [0.2, 0.25) is 0 Å². The molecule has 1 aromatic carbocycles. The van der Waals surface area contributed by atoms with Crippen molar-refractivity contribution in [2.45, 2.75) is 33.2 Å². The van der Waals surface area contributed by atoms with Gasteiger partial charge in [-0.15, -0.1) is 0 Å². The average molecular weight is 265 g/mol. The summed E-state index contributed by atoms with van der Waals surface area (Å²) in [4.78, 5) is 11.0. The van der Waals surface area contributed by atoms with E-state index in [1.807, 2.05) is 0 Å². The van der Waals surface area contributed by atoms with Crippen LogP contribution in [0.3, 0.4) is 0 Å². The number of carboxylic acid groups (broad SMARTS) is 1. The van der Waals surface area contributed by atoms with Crippen molar-refractivity contribution in [3.63, 3.8) is 0 Å². The van der Waals surface area contributed by atoms with Crippen LogP contribution in [0.4, 0.5) is 0 Å². The Morgan fingerprint density at radius 1 is 1.37 bits per heavy atom. The Morgan fingerprint density at radius 3 is 2.63 bits per heavy atom. The van der Waals surface area contributed by atoms with Crippen LogP contribution in [-0.4, -0.2) is 30.3 Å². The number of hydrogen-bond acceptors (Lipinski definition) is 3. The molecule has 0 aliphatic heterocycles. The summed E-state index contributed by atoms with van der Waals surface area (Å²) in [5, 5.41) is 12.4. The van der Waals surface area contributed by atoms with Gasteiger partial charge in [0.25, 0.3) is 0 Å². The van der Waals surface area contributed by atoms with Crippen LogP contribution in [0.1, 0.15) is 37.6 Å². The molecule has 1 atom stereocenters. The molecule has 106 valence electrons.